The molecule has 0 aliphatic heterocycles. The van der Waals surface area contributed by atoms with E-state index in [1.165, 1.54) is 17.0 Å². The number of hydrogen-bond acceptors (Lipinski definition) is 3. The maximum atomic E-state index is 13.7. The monoisotopic (exact) mass is 254 g/mol. The number of likely N-dealkylation sites (N-methyl/N-ethyl adjacent to an activating group) is 2. The molecular formula is C12H15FN2O3. The predicted molar refractivity (Wildman–Crippen MR) is 65.3 cm³/mol. The summed E-state index contributed by atoms with van der Waals surface area (Å²) in [4.78, 5) is 23.4. The quantitative estimate of drug-likeness (QED) is 0.825. The molecule has 0 spiro atoms. The van der Waals surface area contributed by atoms with Crippen LogP contribution in [0.1, 0.15) is 17.3 Å². The van der Waals surface area contributed by atoms with Crippen molar-refractivity contribution in [1.82, 2.24) is 5.32 Å². The van der Waals surface area contributed by atoms with Gasteiger partial charge in [0.15, 0.2) is 0 Å². The minimum Gasteiger partial charge on any atom is -0.478 e. The number of carboxylic acids is 1. The number of benzene rings is 1. The van der Waals surface area contributed by atoms with Crippen molar-refractivity contribution in [2.24, 2.45) is 0 Å². The van der Waals surface area contributed by atoms with Crippen LogP contribution < -0.4 is 10.2 Å². The van der Waals surface area contributed by atoms with Gasteiger partial charge in [0.25, 0.3) is 0 Å². The van der Waals surface area contributed by atoms with Crippen LogP contribution >= 0.6 is 0 Å². The summed E-state index contributed by atoms with van der Waals surface area (Å²) in [5, 5.41) is 11.3. The van der Waals surface area contributed by atoms with E-state index >= 15 is 0 Å². The molecular weight excluding hydrogens is 239 g/mol. The van der Waals surface area contributed by atoms with Crippen LogP contribution in [0.15, 0.2) is 18.2 Å². The second-order valence-electron chi connectivity index (χ2n) is 3.78. The molecule has 0 heterocycles. The number of nitrogens with one attached hydrogen (secondary N) is 1. The van der Waals surface area contributed by atoms with E-state index in [1.54, 1.807) is 14.0 Å². The molecule has 98 valence electrons. The number of nitrogens with zero attached hydrogens (tertiary/aromatic N) is 1. The Morgan fingerprint density at radius 2 is 2.11 bits per heavy atom. The van der Waals surface area contributed by atoms with E-state index in [0.717, 1.165) is 6.07 Å². The minimum absolute atomic E-state index is 0.0111. The molecule has 0 saturated heterocycles. The molecule has 0 unspecified atom stereocenters. The van der Waals surface area contributed by atoms with Gasteiger partial charge in [0.2, 0.25) is 5.91 Å². The highest BCUT2D eigenvalue weighted by Crippen LogP contribution is 2.19. The molecule has 0 atom stereocenters. The van der Waals surface area contributed by atoms with Gasteiger partial charge >= 0.3 is 5.97 Å². The minimum atomic E-state index is -1.19. The van der Waals surface area contributed by atoms with Crippen LogP contribution in [0.5, 0.6) is 0 Å². The maximum Gasteiger partial charge on any atom is 0.335 e. The summed E-state index contributed by atoms with van der Waals surface area (Å²) >= 11 is 0. The molecule has 1 aromatic rings. The van der Waals surface area contributed by atoms with Crippen molar-refractivity contribution < 1.29 is 19.1 Å². The summed E-state index contributed by atoms with van der Waals surface area (Å²) in [5.41, 5.74) is 0.0638. The molecule has 0 bridgehead atoms. The van der Waals surface area contributed by atoms with Gasteiger partial charge in [-0.2, -0.15) is 0 Å². The van der Waals surface area contributed by atoms with E-state index in [9.17, 15) is 14.0 Å². The van der Waals surface area contributed by atoms with Crippen molar-refractivity contribution in [3.05, 3.63) is 29.6 Å². The predicted octanol–water partition coefficient (Wildman–Crippen LogP) is 1.10. The first-order chi connectivity index (χ1) is 8.45. The Hall–Kier alpha value is -2.11. The second kappa shape index (κ2) is 6.00. The number of carbonyl (C=O) groups is 2. The van der Waals surface area contributed by atoms with Gasteiger partial charge in [-0.15, -0.1) is 0 Å². The van der Waals surface area contributed by atoms with E-state index < -0.39 is 11.8 Å². The third-order valence-electron chi connectivity index (χ3n) is 2.36. The topological polar surface area (TPSA) is 69.6 Å². The van der Waals surface area contributed by atoms with Crippen molar-refractivity contribution in [3.63, 3.8) is 0 Å². The zero-order valence-corrected chi connectivity index (χ0v) is 10.2. The van der Waals surface area contributed by atoms with Crippen molar-refractivity contribution >= 4 is 17.6 Å². The number of anilines is 1. The van der Waals surface area contributed by atoms with Crippen molar-refractivity contribution in [2.45, 2.75) is 6.92 Å². The van der Waals surface area contributed by atoms with Crippen molar-refractivity contribution in [1.29, 1.82) is 0 Å². The highest BCUT2D eigenvalue weighted by Gasteiger charge is 2.13. The molecule has 0 fully saturated rings. The molecule has 2 N–H and O–H groups in total. The van der Waals surface area contributed by atoms with Gasteiger partial charge < -0.3 is 15.3 Å². The smallest absolute Gasteiger partial charge is 0.335 e. The van der Waals surface area contributed by atoms with E-state index in [0.29, 0.717) is 6.54 Å². The van der Waals surface area contributed by atoms with E-state index in [4.69, 9.17) is 5.11 Å². The number of aromatic carboxylic acids is 1. The van der Waals surface area contributed by atoms with Gasteiger partial charge in [-0.3, -0.25) is 4.79 Å². The summed E-state index contributed by atoms with van der Waals surface area (Å²) < 4.78 is 13.7. The molecule has 1 rings (SSSR count). The third-order valence-corrected chi connectivity index (χ3v) is 2.36. The van der Waals surface area contributed by atoms with Crippen LogP contribution in [-0.2, 0) is 4.79 Å². The van der Waals surface area contributed by atoms with Gasteiger partial charge in [0.1, 0.15) is 5.82 Å². The first-order valence-corrected chi connectivity index (χ1v) is 5.46. The average molecular weight is 254 g/mol. The first kappa shape index (κ1) is 14.0. The lowest BCUT2D eigenvalue weighted by Crippen LogP contribution is -2.35. The van der Waals surface area contributed by atoms with Gasteiger partial charge in [0, 0.05) is 13.6 Å². The molecule has 0 aliphatic carbocycles. The second-order valence-corrected chi connectivity index (χ2v) is 3.78. The van der Waals surface area contributed by atoms with E-state index in [-0.39, 0.29) is 23.7 Å². The van der Waals surface area contributed by atoms with Crippen molar-refractivity contribution in [2.75, 3.05) is 25.0 Å². The molecule has 6 heteroatoms. The molecule has 18 heavy (non-hydrogen) atoms. The summed E-state index contributed by atoms with van der Waals surface area (Å²) in [6.45, 7) is 2.31. The van der Waals surface area contributed by atoms with Crippen LogP contribution in [0.25, 0.3) is 0 Å². The zero-order valence-electron chi connectivity index (χ0n) is 10.2. The maximum absolute atomic E-state index is 13.7. The fourth-order valence-corrected chi connectivity index (χ4v) is 1.50. The van der Waals surface area contributed by atoms with Crippen LogP contribution in [0, 0.1) is 5.82 Å². The van der Waals surface area contributed by atoms with Crippen LogP contribution in [0.3, 0.4) is 0 Å². The number of rotatable bonds is 5. The van der Waals surface area contributed by atoms with Crippen LogP contribution in [-0.4, -0.2) is 37.1 Å². The lowest BCUT2D eigenvalue weighted by molar-refractivity contribution is -0.119. The Morgan fingerprint density at radius 3 is 2.61 bits per heavy atom. The van der Waals surface area contributed by atoms with Gasteiger partial charge in [-0.25, -0.2) is 9.18 Å². The van der Waals surface area contributed by atoms with Crippen LogP contribution in [0.4, 0.5) is 10.1 Å². The number of amides is 1. The highest BCUT2D eigenvalue weighted by atomic mass is 19.1. The summed E-state index contributed by atoms with van der Waals surface area (Å²) in [5.74, 6) is -2.07. The first-order valence-electron chi connectivity index (χ1n) is 5.46. The lowest BCUT2D eigenvalue weighted by atomic mass is 10.2. The van der Waals surface area contributed by atoms with Gasteiger partial charge in [0.05, 0.1) is 17.8 Å². The summed E-state index contributed by atoms with van der Waals surface area (Å²) in [7, 11) is 1.56. The molecule has 1 amide bonds. The Balaban J connectivity index is 2.83. The van der Waals surface area contributed by atoms with E-state index in [2.05, 4.69) is 5.32 Å². The lowest BCUT2D eigenvalue weighted by Gasteiger charge is -2.19. The highest BCUT2D eigenvalue weighted by molar-refractivity contribution is 5.88. The van der Waals surface area contributed by atoms with Crippen molar-refractivity contribution in [3.8, 4) is 0 Å². The molecule has 0 saturated carbocycles. The normalized spacial score (nSPS) is 9.94. The molecule has 0 radical (unpaired) electrons. The number of hydrogen-bond donors (Lipinski definition) is 2. The van der Waals surface area contributed by atoms with E-state index in [1.807, 2.05) is 0 Å². The fourth-order valence-electron chi connectivity index (χ4n) is 1.50. The Morgan fingerprint density at radius 1 is 1.44 bits per heavy atom. The van der Waals surface area contributed by atoms with Gasteiger partial charge in [-0.1, -0.05) is 0 Å². The van der Waals surface area contributed by atoms with Gasteiger partial charge in [-0.05, 0) is 25.1 Å². The number of halogens is 1. The third kappa shape index (κ3) is 3.44. The SMILES string of the molecule is CCNC(=O)CN(C)c1ccc(C(=O)O)cc1F. The largest absolute Gasteiger partial charge is 0.478 e. The Bertz CT molecular complexity index is 463. The fraction of sp³-hybridized carbons (Fsp3) is 0.333. The molecule has 0 aliphatic rings. The summed E-state index contributed by atoms with van der Waals surface area (Å²) in [6.07, 6.45) is 0. The number of carbonyl (C=O) groups excluding carboxylic acids is 1. The van der Waals surface area contributed by atoms with Crippen LogP contribution in [0.2, 0.25) is 0 Å². The number of carboxylic acid groups (broad SMARTS) is 1. The molecule has 1 aromatic carbocycles. The standard InChI is InChI=1S/C12H15FN2O3/c1-3-14-11(16)7-15(2)10-5-4-8(12(17)18)6-9(10)13/h4-6H,3,7H2,1-2H3,(H,14,16)(H,17,18). The molecule has 0 aromatic heterocycles. The summed E-state index contributed by atoms with van der Waals surface area (Å²) in [6, 6.07) is 3.58. The average Bonchev–Trinajstić information content (AvgIpc) is 2.28. The Labute approximate surface area is 104 Å². The Kier molecular flexibility index (Phi) is 4.65. The molecule has 5 nitrogen and oxygen atoms in total. The zero-order chi connectivity index (χ0) is 13.7.